The van der Waals surface area contributed by atoms with Crippen molar-refractivity contribution >= 4 is 11.7 Å². The van der Waals surface area contributed by atoms with Gasteiger partial charge in [0.05, 0.1) is 0 Å². The van der Waals surface area contributed by atoms with Crippen LogP contribution >= 0.6 is 0 Å². The number of piperidine rings is 1. The predicted octanol–water partition coefficient (Wildman–Crippen LogP) is 0.805. The first-order valence-corrected chi connectivity index (χ1v) is 5.51. The van der Waals surface area contributed by atoms with Gasteiger partial charge in [-0.2, -0.15) is 5.10 Å². The quantitative estimate of drug-likeness (QED) is 0.773. The molecule has 0 radical (unpaired) electrons. The zero-order chi connectivity index (χ0) is 11.4. The van der Waals surface area contributed by atoms with Crippen molar-refractivity contribution in [1.82, 2.24) is 15.5 Å². The highest BCUT2D eigenvalue weighted by Crippen LogP contribution is 2.29. The largest absolute Gasteiger partial charge is 0.317 e. The van der Waals surface area contributed by atoms with E-state index in [1.54, 1.807) is 18.3 Å². The molecule has 0 aromatic carbocycles. The van der Waals surface area contributed by atoms with Crippen LogP contribution in [-0.4, -0.2) is 29.2 Å². The van der Waals surface area contributed by atoms with E-state index in [0.29, 0.717) is 5.82 Å². The lowest BCUT2D eigenvalue weighted by atomic mass is 9.80. The summed E-state index contributed by atoms with van der Waals surface area (Å²) in [7, 11) is 0. The van der Waals surface area contributed by atoms with Crippen molar-refractivity contribution < 1.29 is 4.79 Å². The first-order chi connectivity index (χ1) is 7.71. The number of nitrogens with one attached hydrogen (secondary N) is 2. The zero-order valence-corrected chi connectivity index (χ0v) is 9.36. The second kappa shape index (κ2) is 4.57. The minimum absolute atomic E-state index is 0.0366. The Morgan fingerprint density at radius 3 is 2.88 bits per heavy atom. The van der Waals surface area contributed by atoms with Gasteiger partial charge in [0.2, 0.25) is 5.91 Å². The van der Waals surface area contributed by atoms with E-state index in [9.17, 15) is 4.79 Å². The molecule has 1 aromatic heterocycles. The highest BCUT2D eigenvalue weighted by Gasteiger charge is 2.34. The molecular formula is C11H16N4O. The number of nitrogens with zero attached hydrogens (tertiary/aromatic N) is 2. The Morgan fingerprint density at radius 2 is 2.25 bits per heavy atom. The zero-order valence-electron chi connectivity index (χ0n) is 9.36. The molecule has 2 N–H and O–H groups in total. The molecule has 16 heavy (non-hydrogen) atoms. The van der Waals surface area contributed by atoms with Crippen LogP contribution in [-0.2, 0) is 4.79 Å². The smallest absolute Gasteiger partial charge is 0.231 e. The summed E-state index contributed by atoms with van der Waals surface area (Å²) in [5, 5.41) is 13.6. The summed E-state index contributed by atoms with van der Waals surface area (Å²) in [5.41, 5.74) is -0.289. The number of anilines is 1. The van der Waals surface area contributed by atoms with E-state index in [-0.39, 0.29) is 11.3 Å². The van der Waals surface area contributed by atoms with E-state index in [0.717, 1.165) is 25.9 Å². The fourth-order valence-electron chi connectivity index (χ4n) is 1.84. The minimum Gasteiger partial charge on any atom is -0.317 e. The summed E-state index contributed by atoms with van der Waals surface area (Å²) in [6, 6.07) is 3.50. The summed E-state index contributed by atoms with van der Waals surface area (Å²) in [5.74, 6) is 0.557. The Balaban J connectivity index is 2.02. The van der Waals surface area contributed by atoms with E-state index in [1.807, 2.05) is 6.92 Å². The molecule has 1 aliphatic heterocycles. The van der Waals surface area contributed by atoms with Gasteiger partial charge in [-0.15, -0.1) is 5.10 Å². The predicted molar refractivity (Wildman–Crippen MR) is 60.9 cm³/mol. The maximum absolute atomic E-state index is 12.1. The summed E-state index contributed by atoms with van der Waals surface area (Å²) in [6.45, 7) is 3.79. The van der Waals surface area contributed by atoms with Crippen LogP contribution in [0.1, 0.15) is 19.8 Å². The molecule has 0 unspecified atom stereocenters. The molecule has 2 rings (SSSR count). The first kappa shape index (κ1) is 11.0. The monoisotopic (exact) mass is 220 g/mol. The van der Waals surface area contributed by atoms with Gasteiger partial charge in [0.25, 0.3) is 0 Å². The third kappa shape index (κ3) is 2.36. The van der Waals surface area contributed by atoms with E-state index < -0.39 is 0 Å². The molecule has 2 heterocycles. The maximum Gasteiger partial charge on any atom is 0.231 e. The summed E-state index contributed by atoms with van der Waals surface area (Å²) >= 11 is 0. The highest BCUT2D eigenvalue weighted by atomic mass is 16.2. The molecule has 0 saturated carbocycles. The Labute approximate surface area is 94.6 Å². The van der Waals surface area contributed by atoms with Crippen molar-refractivity contribution in [2.75, 3.05) is 18.4 Å². The number of hydrogen-bond acceptors (Lipinski definition) is 4. The Hall–Kier alpha value is -1.49. The van der Waals surface area contributed by atoms with Crippen LogP contribution in [0, 0.1) is 5.41 Å². The average molecular weight is 220 g/mol. The summed E-state index contributed by atoms with van der Waals surface area (Å²) in [4.78, 5) is 12.1. The number of aromatic nitrogens is 2. The average Bonchev–Trinajstić information content (AvgIpc) is 2.31. The van der Waals surface area contributed by atoms with Gasteiger partial charge in [-0.3, -0.25) is 4.79 Å². The van der Waals surface area contributed by atoms with Crippen molar-refractivity contribution in [1.29, 1.82) is 0 Å². The van der Waals surface area contributed by atoms with Crippen LogP contribution in [0.15, 0.2) is 18.3 Å². The molecule has 1 aromatic rings. The molecule has 0 bridgehead atoms. The van der Waals surface area contributed by atoms with Crippen LogP contribution in [0.2, 0.25) is 0 Å². The Kier molecular flexibility index (Phi) is 3.14. The summed E-state index contributed by atoms with van der Waals surface area (Å²) in [6.07, 6.45) is 3.31. The SMILES string of the molecule is CC1(C(=O)Nc2cccnn2)CCNCC1. The molecule has 1 saturated heterocycles. The number of amides is 1. The van der Waals surface area contributed by atoms with Gasteiger partial charge < -0.3 is 10.6 Å². The van der Waals surface area contributed by atoms with Crippen LogP contribution in [0.4, 0.5) is 5.82 Å². The topological polar surface area (TPSA) is 66.9 Å². The van der Waals surface area contributed by atoms with Crippen molar-refractivity contribution in [3.05, 3.63) is 18.3 Å². The standard InChI is InChI=1S/C11H16N4O/c1-11(4-7-12-8-5-11)10(16)14-9-3-2-6-13-15-9/h2-3,6,12H,4-5,7-8H2,1H3,(H,14,15,16). The molecule has 1 aliphatic rings. The van der Waals surface area contributed by atoms with Gasteiger partial charge in [0.15, 0.2) is 5.82 Å². The highest BCUT2D eigenvalue weighted by molar-refractivity contribution is 5.94. The van der Waals surface area contributed by atoms with Gasteiger partial charge in [-0.1, -0.05) is 6.92 Å². The third-order valence-electron chi connectivity index (χ3n) is 3.07. The molecule has 0 atom stereocenters. The van der Waals surface area contributed by atoms with Crippen LogP contribution in [0.5, 0.6) is 0 Å². The van der Waals surface area contributed by atoms with Crippen molar-refractivity contribution in [3.8, 4) is 0 Å². The van der Waals surface area contributed by atoms with Crippen molar-refractivity contribution in [3.63, 3.8) is 0 Å². The van der Waals surface area contributed by atoms with Gasteiger partial charge >= 0.3 is 0 Å². The van der Waals surface area contributed by atoms with Gasteiger partial charge in [-0.05, 0) is 38.1 Å². The Bertz CT molecular complexity index is 360. The molecule has 0 spiro atoms. The molecule has 1 fully saturated rings. The molecule has 5 heteroatoms. The molecule has 5 nitrogen and oxygen atoms in total. The number of rotatable bonds is 2. The van der Waals surface area contributed by atoms with Gasteiger partial charge in [-0.25, -0.2) is 0 Å². The third-order valence-corrected chi connectivity index (χ3v) is 3.07. The molecule has 0 aliphatic carbocycles. The van der Waals surface area contributed by atoms with Crippen molar-refractivity contribution in [2.24, 2.45) is 5.41 Å². The van der Waals surface area contributed by atoms with Crippen LogP contribution < -0.4 is 10.6 Å². The van der Waals surface area contributed by atoms with Crippen molar-refractivity contribution in [2.45, 2.75) is 19.8 Å². The van der Waals surface area contributed by atoms with Crippen LogP contribution in [0.3, 0.4) is 0 Å². The second-order valence-corrected chi connectivity index (χ2v) is 4.37. The first-order valence-electron chi connectivity index (χ1n) is 5.51. The number of carbonyl (C=O) groups excluding carboxylic acids is 1. The van der Waals surface area contributed by atoms with E-state index >= 15 is 0 Å². The van der Waals surface area contributed by atoms with Gasteiger partial charge in [0, 0.05) is 11.6 Å². The fraction of sp³-hybridized carbons (Fsp3) is 0.545. The second-order valence-electron chi connectivity index (χ2n) is 4.37. The Morgan fingerprint density at radius 1 is 1.50 bits per heavy atom. The van der Waals surface area contributed by atoms with E-state index in [1.165, 1.54) is 0 Å². The van der Waals surface area contributed by atoms with Gasteiger partial charge in [0.1, 0.15) is 0 Å². The number of carbonyl (C=O) groups is 1. The fourth-order valence-corrected chi connectivity index (χ4v) is 1.84. The van der Waals surface area contributed by atoms with E-state index in [2.05, 4.69) is 20.8 Å². The minimum atomic E-state index is -0.289. The molecule has 1 amide bonds. The lowest BCUT2D eigenvalue weighted by molar-refractivity contribution is -0.126. The normalized spacial score (nSPS) is 19.1. The summed E-state index contributed by atoms with van der Waals surface area (Å²) < 4.78 is 0. The molecular weight excluding hydrogens is 204 g/mol. The molecule has 86 valence electrons. The maximum atomic E-state index is 12.1. The van der Waals surface area contributed by atoms with Crippen LogP contribution in [0.25, 0.3) is 0 Å². The van der Waals surface area contributed by atoms with E-state index in [4.69, 9.17) is 0 Å². The lowest BCUT2D eigenvalue weighted by Gasteiger charge is -2.32. The number of hydrogen-bond donors (Lipinski definition) is 2. The lowest BCUT2D eigenvalue weighted by Crippen LogP contribution is -2.43.